The Balaban J connectivity index is 0.00000529. The highest BCUT2D eigenvalue weighted by Crippen LogP contribution is 2.35. The van der Waals surface area contributed by atoms with Gasteiger partial charge in [0.1, 0.15) is 11.6 Å². The van der Waals surface area contributed by atoms with Crippen LogP contribution in [-0.2, 0) is 26.2 Å². The van der Waals surface area contributed by atoms with Crippen LogP contribution in [0.1, 0.15) is 63.4 Å². The number of likely N-dealkylation sites (tertiary alicyclic amines) is 1. The zero-order valence-electron chi connectivity index (χ0n) is 26.2. The van der Waals surface area contributed by atoms with E-state index in [1.165, 1.54) is 12.1 Å². The molecular weight excluding hydrogens is 608 g/mol. The number of nitrogens with one attached hydrogen (secondary N) is 2. The molecule has 4 rings (SSSR count). The van der Waals surface area contributed by atoms with Gasteiger partial charge >= 0.3 is 0 Å². The van der Waals surface area contributed by atoms with E-state index in [0.29, 0.717) is 39.0 Å². The van der Waals surface area contributed by atoms with Gasteiger partial charge < -0.3 is 20.4 Å². The van der Waals surface area contributed by atoms with Gasteiger partial charge in [-0.2, -0.15) is 5.10 Å². The number of hydrogen-bond acceptors (Lipinski definition) is 8. The van der Waals surface area contributed by atoms with Crippen molar-refractivity contribution < 1.29 is 28.2 Å². The molecule has 2 aliphatic heterocycles. The highest BCUT2D eigenvalue weighted by atomic mass is 35.5. The average Bonchev–Trinajstić information content (AvgIpc) is 3.27. The molecule has 3 heterocycles. The van der Waals surface area contributed by atoms with Gasteiger partial charge in [-0.1, -0.05) is 27.2 Å². The molecule has 0 radical (unpaired) electrons. The van der Waals surface area contributed by atoms with Crippen molar-refractivity contribution in [3.8, 4) is 5.69 Å². The summed E-state index contributed by atoms with van der Waals surface area (Å²) in [6.07, 6.45) is 1.76. The fraction of sp³-hybridized carbons (Fsp3) is 0.633. The second kappa shape index (κ2) is 14.7. The van der Waals surface area contributed by atoms with E-state index in [0.717, 1.165) is 35.5 Å². The fourth-order valence-electron chi connectivity index (χ4n) is 6.08. The predicted molar refractivity (Wildman–Crippen MR) is 169 cm³/mol. The minimum absolute atomic E-state index is 0. The topological polar surface area (TPSA) is 157 Å². The Morgan fingerprint density at radius 2 is 1.77 bits per heavy atom. The van der Waals surface area contributed by atoms with Crippen molar-refractivity contribution in [2.45, 2.75) is 89.4 Å². The number of aromatic nitrogens is 2. The van der Waals surface area contributed by atoms with Crippen LogP contribution in [0.5, 0.6) is 0 Å². The molecule has 44 heavy (non-hydrogen) atoms. The van der Waals surface area contributed by atoms with Crippen molar-refractivity contribution >= 4 is 34.2 Å². The first-order valence-corrected chi connectivity index (χ1v) is 16.6. The SMILES string of the molecule is CCCCN1C(=O)[C@@H]([C@H](O)C(C)C)NC(=O)C12CCN(Cc1c(C)nn(-c3ccc(S(=O)(=O)NCCO)cc3)c1C)CC2.Cl. The highest BCUT2D eigenvalue weighted by molar-refractivity contribution is 7.89. The Labute approximate surface area is 266 Å². The number of rotatable bonds is 12. The molecule has 12 nitrogen and oxygen atoms in total. The summed E-state index contributed by atoms with van der Waals surface area (Å²) in [7, 11) is -3.71. The molecule has 2 saturated heterocycles. The van der Waals surface area contributed by atoms with Gasteiger partial charge in [-0.25, -0.2) is 17.8 Å². The van der Waals surface area contributed by atoms with Crippen molar-refractivity contribution in [2.75, 3.05) is 32.8 Å². The van der Waals surface area contributed by atoms with Crippen LogP contribution in [-0.4, -0.2) is 100 Å². The third kappa shape index (κ3) is 7.13. The summed E-state index contributed by atoms with van der Waals surface area (Å²) >= 11 is 0. The second-order valence-electron chi connectivity index (χ2n) is 12.0. The smallest absolute Gasteiger partial charge is 0.248 e. The number of aliphatic hydroxyl groups excluding tert-OH is 2. The van der Waals surface area contributed by atoms with Gasteiger partial charge in [-0.15, -0.1) is 12.4 Å². The lowest BCUT2D eigenvalue weighted by atomic mass is 9.80. The number of aryl methyl sites for hydroxylation is 1. The van der Waals surface area contributed by atoms with Gasteiger partial charge in [0.25, 0.3) is 0 Å². The van der Waals surface area contributed by atoms with Crippen LogP contribution in [0.2, 0.25) is 0 Å². The van der Waals surface area contributed by atoms with Gasteiger partial charge in [-0.05, 0) is 63.3 Å². The minimum atomic E-state index is -3.71. The molecule has 2 fully saturated rings. The molecule has 2 aliphatic rings. The van der Waals surface area contributed by atoms with Crippen molar-refractivity contribution in [3.05, 3.63) is 41.2 Å². The summed E-state index contributed by atoms with van der Waals surface area (Å²) in [5.74, 6) is -0.533. The predicted octanol–water partition coefficient (Wildman–Crippen LogP) is 1.66. The Hall–Kier alpha value is -2.55. The summed E-state index contributed by atoms with van der Waals surface area (Å²) < 4.78 is 28.9. The molecule has 2 aromatic rings. The Morgan fingerprint density at radius 3 is 2.34 bits per heavy atom. The van der Waals surface area contributed by atoms with Gasteiger partial charge in [0.05, 0.1) is 29.0 Å². The van der Waals surface area contributed by atoms with E-state index in [-0.39, 0.29) is 48.2 Å². The number of piperazine rings is 1. The third-order valence-corrected chi connectivity index (χ3v) is 10.3. The molecule has 4 N–H and O–H groups in total. The molecular formula is C30H47ClN6O6S. The Kier molecular flexibility index (Phi) is 12.0. The van der Waals surface area contributed by atoms with E-state index in [2.05, 4.69) is 21.9 Å². The number of sulfonamides is 1. The first-order chi connectivity index (χ1) is 20.4. The number of amides is 2. The summed E-state index contributed by atoms with van der Waals surface area (Å²) in [6, 6.07) is 5.51. The van der Waals surface area contributed by atoms with Crippen LogP contribution in [0.25, 0.3) is 5.69 Å². The largest absolute Gasteiger partial charge is 0.395 e. The van der Waals surface area contributed by atoms with Gasteiger partial charge in [0.15, 0.2) is 0 Å². The second-order valence-corrected chi connectivity index (χ2v) is 13.8. The molecule has 1 spiro atoms. The Bertz CT molecular complexity index is 1410. The lowest BCUT2D eigenvalue weighted by Gasteiger charge is -2.52. The summed E-state index contributed by atoms with van der Waals surface area (Å²) in [5.41, 5.74) is 2.67. The van der Waals surface area contributed by atoms with E-state index in [4.69, 9.17) is 10.2 Å². The number of benzene rings is 1. The van der Waals surface area contributed by atoms with Gasteiger partial charge in [-0.3, -0.25) is 14.5 Å². The van der Waals surface area contributed by atoms with Gasteiger partial charge in [0.2, 0.25) is 21.8 Å². The van der Waals surface area contributed by atoms with Crippen LogP contribution in [0, 0.1) is 19.8 Å². The molecule has 0 aliphatic carbocycles. The zero-order chi connectivity index (χ0) is 31.5. The van der Waals surface area contributed by atoms with Gasteiger partial charge in [0, 0.05) is 44.0 Å². The lowest BCUT2D eigenvalue weighted by molar-refractivity contribution is -0.165. The average molecular weight is 655 g/mol. The van der Waals surface area contributed by atoms with E-state index >= 15 is 0 Å². The first-order valence-electron chi connectivity index (χ1n) is 15.1. The number of aliphatic hydroxyl groups is 2. The number of halogens is 1. The van der Waals surface area contributed by atoms with Crippen molar-refractivity contribution in [2.24, 2.45) is 5.92 Å². The standard InChI is InChI=1S/C30H46N6O6S.ClH/c1-6-7-15-35-28(39)26(27(38)20(2)3)32-29(40)30(35)12-16-34(17-13-30)19-25-21(4)33-36(22(25)5)23-8-10-24(11-9-23)43(41,42)31-14-18-37;/h8-11,20,26-27,31,37-38H,6-7,12-19H2,1-5H3,(H,32,40);1H/t26-,27-;/m1./s1. The highest BCUT2D eigenvalue weighted by Gasteiger charge is 2.54. The number of piperidine rings is 1. The number of hydrogen-bond donors (Lipinski definition) is 4. The molecule has 0 saturated carbocycles. The molecule has 0 bridgehead atoms. The lowest BCUT2D eigenvalue weighted by Crippen LogP contribution is -2.74. The van der Waals surface area contributed by atoms with Crippen LogP contribution < -0.4 is 10.0 Å². The van der Waals surface area contributed by atoms with E-state index in [1.54, 1.807) is 21.7 Å². The molecule has 0 unspecified atom stereocenters. The molecule has 1 aromatic carbocycles. The summed E-state index contributed by atoms with van der Waals surface area (Å²) in [4.78, 5) is 31.3. The minimum Gasteiger partial charge on any atom is -0.395 e. The van der Waals surface area contributed by atoms with Crippen LogP contribution >= 0.6 is 12.4 Å². The van der Waals surface area contributed by atoms with E-state index in [9.17, 15) is 23.1 Å². The Morgan fingerprint density at radius 1 is 1.14 bits per heavy atom. The third-order valence-electron chi connectivity index (χ3n) is 8.82. The number of carbonyl (C=O) groups is 2. The number of unbranched alkanes of at least 4 members (excludes halogenated alkanes) is 1. The summed E-state index contributed by atoms with van der Waals surface area (Å²) in [6.45, 7) is 11.7. The summed E-state index contributed by atoms with van der Waals surface area (Å²) in [5, 5.41) is 27.2. The quantitative estimate of drug-likeness (QED) is 0.269. The van der Waals surface area contributed by atoms with Crippen molar-refractivity contribution in [3.63, 3.8) is 0 Å². The van der Waals surface area contributed by atoms with Crippen molar-refractivity contribution in [1.82, 2.24) is 29.6 Å². The maximum absolute atomic E-state index is 13.6. The fourth-order valence-corrected chi connectivity index (χ4v) is 7.10. The van der Waals surface area contributed by atoms with Crippen LogP contribution in [0.3, 0.4) is 0 Å². The maximum Gasteiger partial charge on any atom is 0.248 e. The number of carbonyl (C=O) groups excluding carboxylic acids is 2. The van der Waals surface area contributed by atoms with Crippen molar-refractivity contribution in [1.29, 1.82) is 0 Å². The first kappa shape index (κ1) is 35.9. The molecule has 246 valence electrons. The number of nitrogens with zero attached hydrogens (tertiary/aromatic N) is 4. The molecule has 14 heteroatoms. The zero-order valence-corrected chi connectivity index (χ0v) is 27.9. The maximum atomic E-state index is 13.6. The van der Waals surface area contributed by atoms with E-state index in [1.807, 2.05) is 27.7 Å². The van der Waals surface area contributed by atoms with E-state index < -0.39 is 27.7 Å². The molecule has 2 amide bonds. The monoisotopic (exact) mass is 654 g/mol. The van der Waals surface area contributed by atoms with Crippen LogP contribution in [0.15, 0.2) is 29.2 Å². The normalized spacial score (nSPS) is 19.7. The molecule has 2 atom stereocenters. The van der Waals surface area contributed by atoms with Crippen LogP contribution in [0.4, 0.5) is 0 Å². The molecule has 1 aromatic heterocycles.